The van der Waals surface area contributed by atoms with Crippen LogP contribution in [0.4, 0.5) is 5.69 Å². The second-order valence-corrected chi connectivity index (χ2v) is 5.19. The van der Waals surface area contributed by atoms with Gasteiger partial charge < -0.3 is 15.4 Å². The van der Waals surface area contributed by atoms with E-state index < -0.39 is 17.9 Å². The first-order chi connectivity index (χ1) is 9.94. The van der Waals surface area contributed by atoms with Gasteiger partial charge in [0.25, 0.3) is 5.91 Å². The summed E-state index contributed by atoms with van der Waals surface area (Å²) in [6.07, 6.45) is 0.727. The molecule has 0 spiro atoms. The van der Waals surface area contributed by atoms with Crippen LogP contribution in [0.25, 0.3) is 0 Å². The molecule has 0 aliphatic carbocycles. The van der Waals surface area contributed by atoms with Crippen LogP contribution in [0.5, 0.6) is 0 Å². The summed E-state index contributed by atoms with van der Waals surface area (Å²) in [5, 5.41) is 5.17. The highest BCUT2D eigenvalue weighted by atomic mass is 16.5. The Bertz CT molecular complexity index is 563. The molecule has 6 heteroatoms. The number of hydrogen-bond donors (Lipinski definition) is 2. The molecule has 0 aromatic heterocycles. The van der Waals surface area contributed by atoms with Gasteiger partial charge in [-0.15, -0.1) is 0 Å². The van der Waals surface area contributed by atoms with Crippen molar-refractivity contribution in [2.45, 2.75) is 32.7 Å². The minimum Gasteiger partial charge on any atom is -0.454 e. The molecule has 1 heterocycles. The summed E-state index contributed by atoms with van der Waals surface area (Å²) in [5.74, 6) is -1.15. The fraction of sp³-hybridized carbons (Fsp3) is 0.400. The number of ether oxygens (including phenoxy) is 1. The third-order valence-corrected chi connectivity index (χ3v) is 3.13. The summed E-state index contributed by atoms with van der Waals surface area (Å²) in [6, 6.07) is 5.04. The van der Waals surface area contributed by atoms with Crippen molar-refractivity contribution in [3.05, 3.63) is 29.3 Å². The van der Waals surface area contributed by atoms with Gasteiger partial charge in [0.1, 0.15) is 6.04 Å². The normalized spacial score (nSPS) is 17.2. The molecule has 0 bridgehead atoms. The van der Waals surface area contributed by atoms with E-state index in [0.717, 1.165) is 11.1 Å². The molecule has 1 saturated heterocycles. The van der Waals surface area contributed by atoms with Gasteiger partial charge in [-0.25, -0.2) is 4.79 Å². The summed E-state index contributed by atoms with van der Waals surface area (Å²) in [5.41, 5.74) is 2.75. The lowest BCUT2D eigenvalue weighted by molar-refractivity contribution is -0.149. The van der Waals surface area contributed by atoms with Crippen LogP contribution in [-0.4, -0.2) is 30.4 Å². The van der Waals surface area contributed by atoms with Crippen LogP contribution in [0.1, 0.15) is 24.0 Å². The maximum Gasteiger partial charge on any atom is 0.329 e. The van der Waals surface area contributed by atoms with E-state index in [0.29, 0.717) is 18.5 Å². The molecule has 1 aromatic rings. The Hall–Kier alpha value is -2.37. The number of esters is 1. The highest BCUT2D eigenvalue weighted by molar-refractivity contribution is 5.94. The number of hydrogen-bond acceptors (Lipinski definition) is 4. The standard InChI is InChI=1S/C15H18N2O4/c1-9-5-10(2)7-11(6-9)16-14(19)8-21-15(20)12-3-4-13(18)17-12/h5-7,12H,3-4,8H2,1-2H3,(H,16,19)(H,17,18). The molecule has 1 aliphatic heterocycles. The Morgan fingerprint density at radius 1 is 1.29 bits per heavy atom. The van der Waals surface area contributed by atoms with E-state index in [2.05, 4.69) is 10.6 Å². The van der Waals surface area contributed by atoms with Gasteiger partial charge in [0.15, 0.2) is 6.61 Å². The van der Waals surface area contributed by atoms with Crippen molar-refractivity contribution in [1.29, 1.82) is 0 Å². The molecule has 2 amide bonds. The maximum atomic E-state index is 11.7. The summed E-state index contributed by atoms with van der Waals surface area (Å²) < 4.78 is 4.90. The lowest BCUT2D eigenvalue weighted by Gasteiger charge is -2.11. The predicted octanol–water partition coefficient (Wildman–Crippen LogP) is 1.06. The number of benzene rings is 1. The van der Waals surface area contributed by atoms with E-state index in [1.165, 1.54) is 0 Å². The number of aryl methyl sites for hydroxylation is 2. The Morgan fingerprint density at radius 2 is 1.95 bits per heavy atom. The first kappa shape index (κ1) is 15.0. The van der Waals surface area contributed by atoms with Crippen LogP contribution in [-0.2, 0) is 19.1 Å². The van der Waals surface area contributed by atoms with Crippen LogP contribution in [0, 0.1) is 13.8 Å². The van der Waals surface area contributed by atoms with Crippen LogP contribution >= 0.6 is 0 Å². The summed E-state index contributed by atoms with van der Waals surface area (Å²) >= 11 is 0. The number of carbonyl (C=O) groups excluding carboxylic acids is 3. The third-order valence-electron chi connectivity index (χ3n) is 3.13. The highest BCUT2D eigenvalue weighted by Gasteiger charge is 2.28. The zero-order valence-electron chi connectivity index (χ0n) is 12.1. The van der Waals surface area contributed by atoms with E-state index in [-0.39, 0.29) is 12.5 Å². The van der Waals surface area contributed by atoms with Gasteiger partial charge in [-0.3, -0.25) is 9.59 Å². The van der Waals surface area contributed by atoms with Crippen molar-refractivity contribution in [2.75, 3.05) is 11.9 Å². The Morgan fingerprint density at radius 3 is 2.52 bits per heavy atom. The van der Waals surface area contributed by atoms with Crippen molar-refractivity contribution in [1.82, 2.24) is 5.32 Å². The average Bonchev–Trinajstić information content (AvgIpc) is 2.81. The predicted molar refractivity (Wildman–Crippen MR) is 76.7 cm³/mol. The molecule has 1 fully saturated rings. The van der Waals surface area contributed by atoms with Crippen molar-refractivity contribution < 1.29 is 19.1 Å². The summed E-state index contributed by atoms with van der Waals surface area (Å²) in [6.45, 7) is 3.51. The van der Waals surface area contributed by atoms with E-state index in [1.807, 2.05) is 32.0 Å². The third kappa shape index (κ3) is 4.30. The molecule has 112 valence electrons. The Balaban J connectivity index is 1.82. The zero-order valence-corrected chi connectivity index (χ0v) is 12.1. The number of rotatable bonds is 4. The number of amides is 2. The SMILES string of the molecule is Cc1cc(C)cc(NC(=O)COC(=O)C2CCC(=O)N2)c1. The average molecular weight is 290 g/mol. The Kier molecular flexibility index (Phi) is 4.57. The largest absolute Gasteiger partial charge is 0.454 e. The monoisotopic (exact) mass is 290 g/mol. The minimum atomic E-state index is -0.633. The smallest absolute Gasteiger partial charge is 0.329 e. The fourth-order valence-corrected chi connectivity index (χ4v) is 2.27. The number of carbonyl (C=O) groups is 3. The van der Waals surface area contributed by atoms with Gasteiger partial charge >= 0.3 is 5.97 Å². The van der Waals surface area contributed by atoms with Crippen molar-refractivity contribution in [3.8, 4) is 0 Å². The van der Waals surface area contributed by atoms with Crippen molar-refractivity contribution in [3.63, 3.8) is 0 Å². The molecule has 21 heavy (non-hydrogen) atoms. The van der Waals surface area contributed by atoms with E-state index in [1.54, 1.807) is 0 Å². The van der Waals surface area contributed by atoms with Crippen LogP contribution < -0.4 is 10.6 Å². The molecule has 2 rings (SSSR count). The molecule has 1 aliphatic rings. The lowest BCUT2D eigenvalue weighted by Crippen LogP contribution is -2.36. The molecule has 6 nitrogen and oxygen atoms in total. The summed E-state index contributed by atoms with van der Waals surface area (Å²) in [7, 11) is 0. The van der Waals surface area contributed by atoms with E-state index in [4.69, 9.17) is 4.74 Å². The quantitative estimate of drug-likeness (QED) is 0.812. The first-order valence-electron chi connectivity index (χ1n) is 6.78. The first-order valence-corrected chi connectivity index (χ1v) is 6.78. The number of anilines is 1. The molecule has 0 saturated carbocycles. The highest BCUT2D eigenvalue weighted by Crippen LogP contribution is 2.13. The van der Waals surface area contributed by atoms with Gasteiger partial charge in [-0.05, 0) is 43.5 Å². The van der Waals surface area contributed by atoms with Crippen LogP contribution in [0.2, 0.25) is 0 Å². The van der Waals surface area contributed by atoms with Gasteiger partial charge in [0, 0.05) is 12.1 Å². The molecular formula is C15H18N2O4. The van der Waals surface area contributed by atoms with Crippen molar-refractivity contribution in [2.24, 2.45) is 0 Å². The Labute approximate surface area is 122 Å². The fourth-order valence-electron chi connectivity index (χ4n) is 2.27. The van der Waals surface area contributed by atoms with Crippen molar-refractivity contribution >= 4 is 23.5 Å². The maximum absolute atomic E-state index is 11.7. The van der Waals surface area contributed by atoms with Gasteiger partial charge in [0.2, 0.25) is 5.91 Å². The molecule has 2 N–H and O–H groups in total. The van der Waals surface area contributed by atoms with Gasteiger partial charge in [0.05, 0.1) is 0 Å². The lowest BCUT2D eigenvalue weighted by atomic mass is 10.1. The molecule has 1 aromatic carbocycles. The molecule has 0 radical (unpaired) electrons. The van der Waals surface area contributed by atoms with Crippen LogP contribution in [0.3, 0.4) is 0 Å². The molecule has 1 unspecified atom stereocenters. The second kappa shape index (κ2) is 6.39. The minimum absolute atomic E-state index is 0.170. The van der Waals surface area contributed by atoms with E-state index in [9.17, 15) is 14.4 Å². The van der Waals surface area contributed by atoms with E-state index >= 15 is 0 Å². The molecule has 1 atom stereocenters. The van der Waals surface area contributed by atoms with Crippen LogP contribution in [0.15, 0.2) is 18.2 Å². The molecular weight excluding hydrogens is 272 g/mol. The topological polar surface area (TPSA) is 84.5 Å². The van der Waals surface area contributed by atoms with Gasteiger partial charge in [-0.2, -0.15) is 0 Å². The number of nitrogens with one attached hydrogen (secondary N) is 2. The zero-order chi connectivity index (χ0) is 15.4. The summed E-state index contributed by atoms with van der Waals surface area (Å²) in [4.78, 5) is 34.4. The van der Waals surface area contributed by atoms with Gasteiger partial charge in [-0.1, -0.05) is 6.07 Å². The second-order valence-electron chi connectivity index (χ2n) is 5.19.